The zero-order chi connectivity index (χ0) is 19.3. The second-order valence-corrected chi connectivity index (χ2v) is 8.09. The van der Waals surface area contributed by atoms with Crippen LogP contribution in [0.3, 0.4) is 0 Å². The lowest BCUT2D eigenvalue weighted by atomic mass is 10.1. The van der Waals surface area contributed by atoms with Gasteiger partial charge in [-0.3, -0.25) is 4.79 Å². The van der Waals surface area contributed by atoms with E-state index in [0.29, 0.717) is 19.7 Å². The molecule has 1 saturated heterocycles. The molecule has 1 aliphatic heterocycles. The lowest BCUT2D eigenvalue weighted by Gasteiger charge is -2.33. The zero-order valence-corrected chi connectivity index (χ0v) is 15.5. The minimum Gasteiger partial charge on any atom is -0.370 e. The van der Waals surface area contributed by atoms with E-state index in [0.717, 1.165) is 5.56 Å². The molecule has 0 aliphatic carbocycles. The van der Waals surface area contributed by atoms with Gasteiger partial charge >= 0.3 is 0 Å². The summed E-state index contributed by atoms with van der Waals surface area (Å²) in [5.74, 6) is -1.44. The summed E-state index contributed by atoms with van der Waals surface area (Å²) < 4.78 is 45.9. The number of ether oxygens (including phenoxy) is 1. The van der Waals surface area contributed by atoms with Crippen molar-refractivity contribution in [2.45, 2.75) is 11.9 Å². The minimum absolute atomic E-state index is 0.0629. The van der Waals surface area contributed by atoms with Crippen molar-refractivity contribution in [3.8, 4) is 0 Å². The van der Waals surface area contributed by atoms with Gasteiger partial charge in [-0.1, -0.05) is 48.5 Å². The molecule has 1 atom stereocenters. The molecule has 3 rings (SSSR count). The number of hydrogen-bond donors (Lipinski definition) is 1. The lowest BCUT2D eigenvalue weighted by molar-refractivity contribution is -0.137. The van der Waals surface area contributed by atoms with E-state index in [1.165, 1.54) is 18.2 Å². The third kappa shape index (κ3) is 5.35. The zero-order valence-electron chi connectivity index (χ0n) is 14.7. The number of carbonyl (C=O) groups excluding carboxylic acids is 1. The van der Waals surface area contributed by atoms with Crippen molar-refractivity contribution in [3.63, 3.8) is 0 Å². The molecule has 0 radical (unpaired) electrons. The van der Waals surface area contributed by atoms with Crippen molar-refractivity contribution in [2.24, 2.45) is 0 Å². The molecule has 2 aromatic carbocycles. The van der Waals surface area contributed by atoms with Crippen molar-refractivity contribution in [1.82, 2.24) is 9.62 Å². The number of hydrogen-bond acceptors (Lipinski definition) is 4. The number of nitrogens with one attached hydrogen (secondary N) is 1. The lowest BCUT2D eigenvalue weighted by Crippen LogP contribution is -2.46. The molecule has 8 heteroatoms. The Morgan fingerprint density at radius 3 is 2.59 bits per heavy atom. The van der Waals surface area contributed by atoms with Crippen LogP contribution in [0.5, 0.6) is 0 Å². The minimum atomic E-state index is -3.83. The molecule has 1 fully saturated rings. The Bertz CT molecular complexity index is 890. The van der Waals surface area contributed by atoms with Gasteiger partial charge in [0.15, 0.2) is 0 Å². The van der Waals surface area contributed by atoms with Gasteiger partial charge in [-0.15, -0.1) is 0 Å². The number of nitrogens with zero attached hydrogens (tertiary/aromatic N) is 1. The van der Waals surface area contributed by atoms with Crippen molar-refractivity contribution in [1.29, 1.82) is 0 Å². The van der Waals surface area contributed by atoms with Crippen LogP contribution in [0.25, 0.3) is 0 Å². The van der Waals surface area contributed by atoms with E-state index in [2.05, 4.69) is 4.72 Å². The molecule has 0 saturated carbocycles. The number of amides is 1. The number of halogens is 1. The van der Waals surface area contributed by atoms with Gasteiger partial charge in [-0.05, 0) is 11.6 Å². The van der Waals surface area contributed by atoms with E-state index in [9.17, 15) is 17.6 Å². The number of sulfonamides is 1. The maximum absolute atomic E-state index is 13.6. The molecule has 1 N–H and O–H groups in total. The number of rotatable bonds is 6. The van der Waals surface area contributed by atoms with Gasteiger partial charge in [0, 0.05) is 12.1 Å². The fourth-order valence-electron chi connectivity index (χ4n) is 2.90. The van der Waals surface area contributed by atoms with E-state index in [4.69, 9.17) is 4.74 Å². The van der Waals surface area contributed by atoms with Crippen LogP contribution in [0, 0.1) is 5.82 Å². The van der Waals surface area contributed by atoms with Gasteiger partial charge in [-0.25, -0.2) is 17.5 Å². The van der Waals surface area contributed by atoms with Crippen molar-refractivity contribution >= 4 is 15.9 Å². The van der Waals surface area contributed by atoms with Crippen LogP contribution < -0.4 is 4.72 Å². The van der Waals surface area contributed by atoms with Crippen LogP contribution in [-0.2, 0) is 25.3 Å². The van der Waals surface area contributed by atoms with Crippen LogP contribution in [0.15, 0.2) is 54.6 Å². The maximum atomic E-state index is 13.6. The summed E-state index contributed by atoms with van der Waals surface area (Å²) >= 11 is 0. The Labute approximate surface area is 158 Å². The summed E-state index contributed by atoms with van der Waals surface area (Å²) in [6, 6.07) is 15.2. The first-order chi connectivity index (χ1) is 12.9. The van der Waals surface area contributed by atoms with E-state index in [-0.39, 0.29) is 24.1 Å². The highest BCUT2D eigenvalue weighted by Gasteiger charge is 2.26. The summed E-state index contributed by atoms with van der Waals surface area (Å²) in [6.07, 6.45) is -0.237. The first-order valence-electron chi connectivity index (χ1n) is 8.60. The molecule has 6 nitrogen and oxygen atoms in total. The van der Waals surface area contributed by atoms with Crippen molar-refractivity contribution in [3.05, 3.63) is 71.5 Å². The van der Waals surface area contributed by atoms with Crippen molar-refractivity contribution in [2.75, 3.05) is 26.2 Å². The average Bonchev–Trinajstić information content (AvgIpc) is 2.69. The van der Waals surface area contributed by atoms with Gasteiger partial charge < -0.3 is 9.64 Å². The van der Waals surface area contributed by atoms with Crippen LogP contribution in [0.1, 0.15) is 17.2 Å². The maximum Gasteiger partial charge on any atom is 0.237 e. The van der Waals surface area contributed by atoms with E-state index in [1.54, 1.807) is 11.0 Å². The van der Waals surface area contributed by atoms with Crippen LogP contribution >= 0.6 is 0 Å². The number of carbonyl (C=O) groups is 1. The quantitative estimate of drug-likeness (QED) is 0.814. The smallest absolute Gasteiger partial charge is 0.237 e. The van der Waals surface area contributed by atoms with E-state index < -0.39 is 21.6 Å². The molecule has 1 unspecified atom stereocenters. The second kappa shape index (κ2) is 8.60. The molecular formula is C19H21FN2O4S. The molecule has 0 spiro atoms. The summed E-state index contributed by atoms with van der Waals surface area (Å²) in [6.45, 7) is 0.778. The summed E-state index contributed by atoms with van der Waals surface area (Å²) in [5, 5.41) is 0. The predicted molar refractivity (Wildman–Crippen MR) is 98.7 cm³/mol. The van der Waals surface area contributed by atoms with E-state index in [1.807, 2.05) is 30.3 Å². The van der Waals surface area contributed by atoms with Gasteiger partial charge in [0.2, 0.25) is 15.9 Å². The third-order valence-corrected chi connectivity index (χ3v) is 5.61. The normalized spacial score (nSPS) is 17.7. The Morgan fingerprint density at radius 1 is 1.15 bits per heavy atom. The van der Waals surface area contributed by atoms with Gasteiger partial charge in [0.1, 0.15) is 11.9 Å². The number of benzene rings is 2. The molecule has 1 aliphatic rings. The summed E-state index contributed by atoms with van der Waals surface area (Å²) in [7, 11) is -3.83. The van der Waals surface area contributed by atoms with E-state index >= 15 is 0 Å². The first kappa shape index (κ1) is 19.5. The molecule has 1 amide bonds. The summed E-state index contributed by atoms with van der Waals surface area (Å²) in [4.78, 5) is 14.0. The second-order valence-electron chi connectivity index (χ2n) is 6.28. The van der Waals surface area contributed by atoms with Gasteiger partial charge in [-0.2, -0.15) is 0 Å². The van der Waals surface area contributed by atoms with Crippen molar-refractivity contribution < 1.29 is 22.3 Å². The highest BCUT2D eigenvalue weighted by atomic mass is 32.2. The fourth-order valence-corrected chi connectivity index (χ4v) is 3.99. The topological polar surface area (TPSA) is 75.7 Å². The highest BCUT2D eigenvalue weighted by Crippen LogP contribution is 2.21. The average molecular weight is 392 g/mol. The van der Waals surface area contributed by atoms with Gasteiger partial charge in [0.05, 0.1) is 25.4 Å². The predicted octanol–water partition coefficient (Wildman–Crippen LogP) is 1.85. The molecule has 0 bridgehead atoms. The van der Waals surface area contributed by atoms with Gasteiger partial charge in [0.25, 0.3) is 0 Å². The standard InChI is InChI=1S/C19H21FN2O4S/c20-17-9-5-4-8-16(17)14-27(24,25)21-12-19(23)22-10-11-26-18(13-22)15-6-2-1-3-7-15/h1-9,18,21H,10-14H2. The van der Waals surface area contributed by atoms with Crippen LogP contribution in [-0.4, -0.2) is 45.5 Å². The first-order valence-corrected chi connectivity index (χ1v) is 10.2. The molecule has 1 heterocycles. The molecule has 144 valence electrons. The van der Waals surface area contributed by atoms with Crippen LogP contribution in [0.4, 0.5) is 4.39 Å². The Kier molecular flexibility index (Phi) is 6.20. The Morgan fingerprint density at radius 2 is 1.85 bits per heavy atom. The molecule has 27 heavy (non-hydrogen) atoms. The number of morpholine rings is 1. The fraction of sp³-hybridized carbons (Fsp3) is 0.316. The third-order valence-electron chi connectivity index (χ3n) is 4.34. The Hall–Kier alpha value is -2.29. The SMILES string of the molecule is O=C(CNS(=O)(=O)Cc1ccccc1F)N1CCOC(c2ccccc2)C1. The Balaban J connectivity index is 1.56. The molecular weight excluding hydrogens is 371 g/mol. The highest BCUT2D eigenvalue weighted by molar-refractivity contribution is 7.88. The largest absolute Gasteiger partial charge is 0.370 e. The molecule has 2 aromatic rings. The monoisotopic (exact) mass is 392 g/mol. The molecule has 0 aromatic heterocycles. The summed E-state index contributed by atoms with van der Waals surface area (Å²) in [5.41, 5.74) is 1.03. The van der Waals surface area contributed by atoms with Crippen LogP contribution in [0.2, 0.25) is 0 Å².